The summed E-state index contributed by atoms with van der Waals surface area (Å²) in [5.41, 5.74) is 2.99. The van der Waals surface area contributed by atoms with Gasteiger partial charge in [0.2, 0.25) is 0 Å². The minimum Gasteiger partial charge on any atom is -0.264 e. The van der Waals surface area contributed by atoms with Crippen LogP contribution in [0.15, 0.2) is 67.0 Å². The molecule has 4 aromatic rings. The number of benzene rings is 2. The maximum atomic E-state index is 5.98. The number of fused-ring (bicyclic) bond motifs is 3. The van der Waals surface area contributed by atoms with Gasteiger partial charge in [0.15, 0.2) is 0 Å². The van der Waals surface area contributed by atoms with Gasteiger partial charge in [0.1, 0.15) is 0 Å². The molecule has 0 aliphatic heterocycles. The fourth-order valence-corrected chi connectivity index (χ4v) is 2.75. The largest absolute Gasteiger partial charge is 0.264 e. The van der Waals surface area contributed by atoms with Gasteiger partial charge in [-0.05, 0) is 24.3 Å². The predicted octanol–water partition coefficient (Wildman–Crippen LogP) is 5.10. The van der Waals surface area contributed by atoms with Crippen LogP contribution in [0.3, 0.4) is 0 Å². The van der Waals surface area contributed by atoms with Crippen LogP contribution < -0.4 is 0 Å². The fourth-order valence-electron chi connectivity index (χ4n) is 2.62. The van der Waals surface area contributed by atoms with E-state index in [2.05, 4.69) is 11.1 Å². The van der Waals surface area contributed by atoms with E-state index in [4.69, 9.17) is 16.6 Å². The zero-order valence-corrected chi connectivity index (χ0v) is 11.9. The maximum Gasteiger partial charge on any atom is 0.0789 e. The van der Waals surface area contributed by atoms with Crippen LogP contribution in [0.5, 0.6) is 0 Å². The summed E-state index contributed by atoms with van der Waals surface area (Å²) in [5, 5.41) is 4.07. The Morgan fingerprint density at radius 1 is 0.762 bits per heavy atom. The molecule has 3 heteroatoms. The van der Waals surface area contributed by atoms with Crippen LogP contribution in [0.1, 0.15) is 0 Å². The van der Waals surface area contributed by atoms with Gasteiger partial charge in [-0.2, -0.15) is 0 Å². The lowest BCUT2D eigenvalue weighted by molar-refractivity contribution is 1.35. The van der Waals surface area contributed by atoms with Crippen molar-refractivity contribution in [2.75, 3.05) is 0 Å². The molecule has 0 amide bonds. The maximum absolute atomic E-state index is 5.98. The van der Waals surface area contributed by atoms with Crippen molar-refractivity contribution in [1.29, 1.82) is 0 Å². The van der Waals surface area contributed by atoms with E-state index in [1.165, 1.54) is 0 Å². The Kier molecular flexibility index (Phi) is 2.83. The van der Waals surface area contributed by atoms with Gasteiger partial charge in [0.05, 0.1) is 11.2 Å². The first kappa shape index (κ1) is 12.3. The van der Waals surface area contributed by atoms with E-state index in [-0.39, 0.29) is 0 Å². The topological polar surface area (TPSA) is 25.8 Å². The predicted molar refractivity (Wildman–Crippen MR) is 87.5 cm³/mol. The Hall–Kier alpha value is -2.45. The first-order valence-corrected chi connectivity index (χ1v) is 7.09. The van der Waals surface area contributed by atoms with Crippen LogP contribution >= 0.6 is 11.6 Å². The monoisotopic (exact) mass is 290 g/mol. The van der Waals surface area contributed by atoms with Crippen molar-refractivity contribution in [2.45, 2.75) is 0 Å². The van der Waals surface area contributed by atoms with Crippen LogP contribution in [-0.4, -0.2) is 9.97 Å². The Bertz CT molecular complexity index is 946. The zero-order chi connectivity index (χ0) is 14.2. The highest BCUT2D eigenvalue weighted by molar-refractivity contribution is 6.30. The van der Waals surface area contributed by atoms with Crippen molar-refractivity contribution in [3.05, 3.63) is 72.0 Å². The van der Waals surface area contributed by atoms with E-state index < -0.39 is 0 Å². The second kappa shape index (κ2) is 4.83. The Balaban J connectivity index is 2.13. The summed E-state index contributed by atoms with van der Waals surface area (Å²) in [6.45, 7) is 0. The van der Waals surface area contributed by atoms with Crippen molar-refractivity contribution in [1.82, 2.24) is 9.97 Å². The molecule has 0 bridgehead atoms. The van der Waals surface area contributed by atoms with Crippen molar-refractivity contribution in [2.24, 2.45) is 0 Å². The highest BCUT2D eigenvalue weighted by atomic mass is 35.5. The number of aromatic nitrogens is 2. The van der Waals surface area contributed by atoms with Crippen LogP contribution in [0.2, 0.25) is 5.02 Å². The molecule has 0 fully saturated rings. The van der Waals surface area contributed by atoms with E-state index in [0.29, 0.717) is 0 Å². The summed E-state index contributed by atoms with van der Waals surface area (Å²) in [6.07, 6.45) is 3.71. The molecule has 4 rings (SSSR count). The van der Waals surface area contributed by atoms with Crippen molar-refractivity contribution in [3.63, 3.8) is 0 Å². The smallest absolute Gasteiger partial charge is 0.0789 e. The summed E-state index contributed by atoms with van der Waals surface area (Å²) >= 11 is 5.98. The summed E-state index contributed by atoms with van der Waals surface area (Å²) in [7, 11) is 0. The molecule has 2 nitrogen and oxygen atoms in total. The number of pyridine rings is 2. The fraction of sp³-hybridized carbons (Fsp3) is 0. The molecule has 0 atom stereocenters. The molecular formula is C18H11ClN2. The number of para-hydroxylation sites is 1. The third-order valence-electron chi connectivity index (χ3n) is 3.62. The molecule has 0 N–H and O–H groups in total. The second-order valence-corrected chi connectivity index (χ2v) is 5.34. The number of hydrogen-bond acceptors (Lipinski definition) is 2. The first-order valence-electron chi connectivity index (χ1n) is 6.71. The van der Waals surface area contributed by atoms with Crippen LogP contribution in [-0.2, 0) is 0 Å². The molecular weight excluding hydrogens is 280 g/mol. The van der Waals surface area contributed by atoms with Crippen molar-refractivity contribution in [3.8, 4) is 11.3 Å². The molecule has 0 radical (unpaired) electrons. The lowest BCUT2D eigenvalue weighted by Gasteiger charge is -2.09. The molecule has 0 unspecified atom stereocenters. The number of halogens is 1. The zero-order valence-electron chi connectivity index (χ0n) is 11.1. The third kappa shape index (κ3) is 2.05. The van der Waals surface area contributed by atoms with Gasteiger partial charge in [0.25, 0.3) is 0 Å². The average molecular weight is 291 g/mol. The van der Waals surface area contributed by atoms with Gasteiger partial charge in [-0.3, -0.25) is 4.98 Å². The minimum absolute atomic E-state index is 0.727. The minimum atomic E-state index is 0.727. The van der Waals surface area contributed by atoms with Crippen LogP contribution in [0.4, 0.5) is 0 Å². The van der Waals surface area contributed by atoms with Gasteiger partial charge >= 0.3 is 0 Å². The summed E-state index contributed by atoms with van der Waals surface area (Å²) < 4.78 is 0. The molecule has 100 valence electrons. The second-order valence-electron chi connectivity index (χ2n) is 4.91. The number of rotatable bonds is 1. The Morgan fingerprint density at radius 2 is 1.57 bits per heavy atom. The quantitative estimate of drug-likeness (QED) is 0.456. The van der Waals surface area contributed by atoms with Crippen molar-refractivity contribution >= 4 is 33.3 Å². The van der Waals surface area contributed by atoms with E-state index >= 15 is 0 Å². The molecule has 21 heavy (non-hydrogen) atoms. The van der Waals surface area contributed by atoms with E-state index in [9.17, 15) is 0 Å². The first-order chi connectivity index (χ1) is 10.3. The van der Waals surface area contributed by atoms with Gasteiger partial charge in [-0.25, -0.2) is 4.98 Å². The van der Waals surface area contributed by atoms with E-state index in [0.717, 1.165) is 38.0 Å². The van der Waals surface area contributed by atoms with Gasteiger partial charge in [-0.15, -0.1) is 0 Å². The lowest BCUT2D eigenvalue weighted by Crippen LogP contribution is -1.90. The standard InChI is InChI=1S/C18H11ClN2/c19-13-7-5-12(6-8-13)18-15-9-10-20-11-16(15)14-3-1-2-4-17(14)21-18/h1-11H. The third-order valence-corrected chi connectivity index (χ3v) is 3.87. The van der Waals surface area contributed by atoms with Gasteiger partial charge < -0.3 is 0 Å². The van der Waals surface area contributed by atoms with Crippen LogP contribution in [0.25, 0.3) is 32.9 Å². The van der Waals surface area contributed by atoms with E-state index in [1.807, 2.05) is 54.7 Å². The Morgan fingerprint density at radius 3 is 2.43 bits per heavy atom. The average Bonchev–Trinajstić information content (AvgIpc) is 2.55. The van der Waals surface area contributed by atoms with Gasteiger partial charge in [0, 0.05) is 39.1 Å². The lowest BCUT2D eigenvalue weighted by atomic mass is 10.0. The molecule has 0 spiro atoms. The summed E-state index contributed by atoms with van der Waals surface area (Å²) in [5.74, 6) is 0. The van der Waals surface area contributed by atoms with E-state index in [1.54, 1.807) is 6.20 Å². The SMILES string of the molecule is Clc1ccc(-c2nc3ccccc3c3cnccc23)cc1. The molecule has 2 aromatic carbocycles. The number of hydrogen-bond donors (Lipinski definition) is 0. The molecule has 0 aliphatic rings. The molecule has 0 saturated heterocycles. The molecule has 2 aromatic heterocycles. The normalized spacial score (nSPS) is 11.1. The highest BCUT2D eigenvalue weighted by Crippen LogP contribution is 2.32. The Labute approximate surface area is 127 Å². The molecule has 2 heterocycles. The summed E-state index contributed by atoms with van der Waals surface area (Å²) in [6, 6.07) is 17.9. The molecule has 0 saturated carbocycles. The highest BCUT2D eigenvalue weighted by Gasteiger charge is 2.09. The number of nitrogens with zero attached hydrogens (tertiary/aromatic N) is 2. The van der Waals surface area contributed by atoms with Crippen LogP contribution in [0, 0.1) is 0 Å². The summed E-state index contributed by atoms with van der Waals surface area (Å²) in [4.78, 5) is 9.10. The van der Waals surface area contributed by atoms with Gasteiger partial charge in [-0.1, -0.05) is 41.9 Å². The molecule has 0 aliphatic carbocycles. The van der Waals surface area contributed by atoms with Crippen molar-refractivity contribution < 1.29 is 0 Å².